The number of methoxy groups -OCH3 is 1. The Bertz CT molecular complexity index is 1230. The van der Waals surface area contributed by atoms with Crippen LogP contribution in [0.2, 0.25) is 0 Å². The summed E-state index contributed by atoms with van der Waals surface area (Å²) in [6, 6.07) is 19.0. The average Bonchev–Trinajstić information content (AvgIpc) is 3.27. The van der Waals surface area contributed by atoms with E-state index in [0.717, 1.165) is 17.7 Å². The van der Waals surface area contributed by atoms with Crippen molar-refractivity contribution in [2.45, 2.75) is 13.0 Å². The van der Waals surface area contributed by atoms with Gasteiger partial charge in [-0.2, -0.15) is 8.78 Å². The van der Waals surface area contributed by atoms with Gasteiger partial charge in [-0.1, -0.05) is 30.3 Å². The van der Waals surface area contributed by atoms with E-state index in [0.29, 0.717) is 17.8 Å². The van der Waals surface area contributed by atoms with Gasteiger partial charge in [-0.15, -0.1) is 0 Å². The van der Waals surface area contributed by atoms with Crippen molar-refractivity contribution >= 4 is 29.3 Å². The fourth-order valence-electron chi connectivity index (χ4n) is 3.79. The van der Waals surface area contributed by atoms with Gasteiger partial charge in [0.15, 0.2) is 11.5 Å². The monoisotopic (exact) mass is 464 g/mol. The summed E-state index contributed by atoms with van der Waals surface area (Å²) in [5, 5.41) is 2.68. The summed E-state index contributed by atoms with van der Waals surface area (Å²) in [6.07, 6.45) is 3.38. The van der Waals surface area contributed by atoms with Crippen LogP contribution in [0.5, 0.6) is 11.5 Å². The molecule has 174 valence electrons. The number of nitrogens with one attached hydrogen (secondary N) is 1. The molecule has 34 heavy (non-hydrogen) atoms. The molecule has 2 amide bonds. The summed E-state index contributed by atoms with van der Waals surface area (Å²) in [5.41, 5.74) is 3.33. The molecule has 6 nitrogen and oxygen atoms in total. The zero-order valence-corrected chi connectivity index (χ0v) is 18.3. The highest BCUT2D eigenvalue weighted by atomic mass is 19.3. The Kier molecular flexibility index (Phi) is 6.87. The minimum atomic E-state index is -3.03. The number of carbonyl (C=O) groups excluding carboxylic acids is 2. The summed E-state index contributed by atoms with van der Waals surface area (Å²) in [7, 11) is 1.34. The highest BCUT2D eigenvalue weighted by molar-refractivity contribution is 6.08. The van der Waals surface area contributed by atoms with Crippen LogP contribution in [0.3, 0.4) is 0 Å². The van der Waals surface area contributed by atoms with E-state index < -0.39 is 12.5 Å². The number of amides is 2. The molecule has 3 aromatic carbocycles. The maximum absolute atomic E-state index is 12.9. The standard InChI is InChI=1S/C26H22F2N2O4/c1-33-22-8-4-6-18(24(22)34-26(27)28)11-14-23(31)29-20-12-9-19(10-13-20)25(32)30-16-15-17-5-2-3-7-21(17)30/h2-14,26H,15-16H2,1H3,(H,29,31)/b14-11+. The molecule has 8 heteroatoms. The first-order valence-corrected chi connectivity index (χ1v) is 10.6. The summed E-state index contributed by atoms with van der Waals surface area (Å²) < 4.78 is 35.1. The van der Waals surface area contributed by atoms with Crippen LogP contribution in [0.1, 0.15) is 21.5 Å². The van der Waals surface area contributed by atoms with Crippen LogP contribution in [0.25, 0.3) is 6.08 Å². The number of nitrogens with zero attached hydrogens (tertiary/aromatic N) is 1. The molecule has 0 radical (unpaired) electrons. The molecule has 1 N–H and O–H groups in total. The van der Waals surface area contributed by atoms with E-state index in [4.69, 9.17) is 4.74 Å². The van der Waals surface area contributed by atoms with Gasteiger partial charge in [-0.3, -0.25) is 9.59 Å². The van der Waals surface area contributed by atoms with Gasteiger partial charge in [-0.05, 0) is 54.5 Å². The van der Waals surface area contributed by atoms with Crippen molar-refractivity contribution < 1.29 is 27.8 Å². The Morgan fingerprint density at radius 1 is 1.03 bits per heavy atom. The fourth-order valence-corrected chi connectivity index (χ4v) is 3.79. The van der Waals surface area contributed by atoms with Gasteiger partial charge in [0.05, 0.1) is 7.11 Å². The van der Waals surface area contributed by atoms with E-state index in [2.05, 4.69) is 10.1 Å². The van der Waals surface area contributed by atoms with Crippen molar-refractivity contribution in [1.29, 1.82) is 0 Å². The molecule has 0 aliphatic carbocycles. The van der Waals surface area contributed by atoms with Gasteiger partial charge in [0.2, 0.25) is 5.91 Å². The lowest BCUT2D eigenvalue weighted by Crippen LogP contribution is -2.28. The molecule has 3 aromatic rings. The van der Waals surface area contributed by atoms with Crippen molar-refractivity contribution in [3.63, 3.8) is 0 Å². The lowest BCUT2D eigenvalue weighted by molar-refractivity contribution is -0.111. The molecular weight excluding hydrogens is 442 g/mol. The molecule has 0 aromatic heterocycles. The predicted molar refractivity (Wildman–Crippen MR) is 126 cm³/mol. The van der Waals surface area contributed by atoms with Crippen molar-refractivity contribution in [2.75, 3.05) is 23.9 Å². The average molecular weight is 464 g/mol. The van der Waals surface area contributed by atoms with Crippen molar-refractivity contribution in [3.8, 4) is 11.5 Å². The largest absolute Gasteiger partial charge is 0.493 e. The Hall–Kier alpha value is -4.20. The summed E-state index contributed by atoms with van der Waals surface area (Å²) in [5.74, 6) is -0.607. The van der Waals surface area contributed by atoms with Gasteiger partial charge < -0.3 is 19.7 Å². The third-order valence-electron chi connectivity index (χ3n) is 5.38. The van der Waals surface area contributed by atoms with Crippen LogP contribution >= 0.6 is 0 Å². The smallest absolute Gasteiger partial charge is 0.387 e. The van der Waals surface area contributed by atoms with Gasteiger partial charge in [-0.25, -0.2) is 0 Å². The summed E-state index contributed by atoms with van der Waals surface area (Å²) in [6.45, 7) is -2.41. The molecule has 0 bridgehead atoms. The minimum absolute atomic E-state index is 0.104. The van der Waals surface area contributed by atoms with E-state index >= 15 is 0 Å². The molecule has 0 atom stereocenters. The highest BCUT2D eigenvalue weighted by Gasteiger charge is 2.25. The van der Waals surface area contributed by atoms with Crippen LogP contribution in [-0.2, 0) is 11.2 Å². The molecule has 0 unspecified atom stereocenters. The van der Waals surface area contributed by atoms with Gasteiger partial charge in [0, 0.05) is 35.1 Å². The van der Waals surface area contributed by atoms with Crippen LogP contribution in [0, 0.1) is 0 Å². The van der Waals surface area contributed by atoms with Crippen molar-refractivity contribution in [2.24, 2.45) is 0 Å². The zero-order chi connectivity index (χ0) is 24.1. The second kappa shape index (κ2) is 10.2. The second-order valence-corrected chi connectivity index (χ2v) is 7.49. The first-order valence-electron chi connectivity index (χ1n) is 10.6. The minimum Gasteiger partial charge on any atom is -0.493 e. The Labute approximate surface area is 195 Å². The molecule has 1 aliphatic heterocycles. The molecule has 0 saturated carbocycles. The first kappa shape index (κ1) is 23.0. The number of fused-ring (bicyclic) bond motifs is 1. The summed E-state index contributed by atoms with van der Waals surface area (Å²) in [4.78, 5) is 27.0. The first-order chi connectivity index (χ1) is 16.5. The van der Waals surface area contributed by atoms with Crippen LogP contribution in [-0.4, -0.2) is 32.1 Å². The predicted octanol–water partition coefficient (Wildman–Crippen LogP) is 5.15. The number of alkyl halides is 2. The van der Waals surface area contributed by atoms with Crippen LogP contribution in [0.15, 0.2) is 72.8 Å². The lowest BCUT2D eigenvalue weighted by Gasteiger charge is -2.17. The Morgan fingerprint density at radius 2 is 1.79 bits per heavy atom. The molecule has 0 spiro atoms. The number of hydrogen-bond donors (Lipinski definition) is 1. The van der Waals surface area contributed by atoms with E-state index in [-0.39, 0.29) is 23.0 Å². The highest BCUT2D eigenvalue weighted by Crippen LogP contribution is 2.33. The number of para-hydroxylation sites is 2. The molecule has 4 rings (SSSR count). The number of hydrogen-bond acceptors (Lipinski definition) is 4. The van der Waals surface area contributed by atoms with E-state index in [1.54, 1.807) is 35.2 Å². The fraction of sp³-hybridized carbons (Fsp3) is 0.154. The third kappa shape index (κ3) is 5.06. The molecule has 0 fully saturated rings. The number of ether oxygens (including phenoxy) is 2. The van der Waals surface area contributed by atoms with E-state index in [1.807, 2.05) is 24.3 Å². The number of rotatable bonds is 7. The van der Waals surface area contributed by atoms with Crippen LogP contribution in [0.4, 0.5) is 20.2 Å². The lowest BCUT2D eigenvalue weighted by atomic mass is 10.1. The molecule has 1 aliphatic rings. The number of halogens is 2. The van der Waals surface area contributed by atoms with E-state index in [1.165, 1.54) is 31.4 Å². The zero-order valence-electron chi connectivity index (χ0n) is 18.3. The third-order valence-corrected chi connectivity index (χ3v) is 5.38. The van der Waals surface area contributed by atoms with Crippen LogP contribution < -0.4 is 19.7 Å². The summed E-state index contributed by atoms with van der Waals surface area (Å²) >= 11 is 0. The maximum atomic E-state index is 12.9. The topological polar surface area (TPSA) is 67.9 Å². The molecule has 0 saturated heterocycles. The number of carbonyl (C=O) groups is 2. The van der Waals surface area contributed by atoms with Gasteiger partial charge >= 0.3 is 6.61 Å². The quantitative estimate of drug-likeness (QED) is 0.491. The SMILES string of the molecule is COc1cccc(/C=C/C(=O)Nc2ccc(C(=O)N3CCc4ccccc43)cc2)c1OC(F)F. The van der Waals surface area contributed by atoms with E-state index in [9.17, 15) is 18.4 Å². The number of benzene rings is 3. The Balaban J connectivity index is 1.42. The number of anilines is 2. The van der Waals surface area contributed by atoms with Gasteiger partial charge in [0.25, 0.3) is 5.91 Å². The second-order valence-electron chi connectivity index (χ2n) is 7.49. The normalized spacial score (nSPS) is 12.6. The Morgan fingerprint density at radius 3 is 2.53 bits per heavy atom. The van der Waals surface area contributed by atoms with Crippen molar-refractivity contribution in [3.05, 3.63) is 89.5 Å². The van der Waals surface area contributed by atoms with Gasteiger partial charge in [0.1, 0.15) is 0 Å². The molecular formula is C26H22F2N2O4. The molecule has 1 heterocycles. The van der Waals surface area contributed by atoms with Crippen molar-refractivity contribution in [1.82, 2.24) is 0 Å². The maximum Gasteiger partial charge on any atom is 0.387 e.